The average molecular weight is 542 g/mol. The third kappa shape index (κ3) is 7.98. The molecule has 0 fully saturated rings. The quantitative estimate of drug-likeness (QED) is 0.300. The summed E-state index contributed by atoms with van der Waals surface area (Å²) in [5.74, 6) is 0.136. The zero-order valence-corrected chi connectivity index (χ0v) is 23.3. The summed E-state index contributed by atoms with van der Waals surface area (Å²) < 4.78 is 5.95. The summed E-state index contributed by atoms with van der Waals surface area (Å²) in [6.45, 7) is 7.89. The molecule has 0 aromatic heterocycles. The van der Waals surface area contributed by atoms with Crippen molar-refractivity contribution >= 4 is 35.0 Å². The van der Waals surface area contributed by atoms with Crippen LogP contribution < -0.4 is 10.1 Å². The Hall–Kier alpha value is -3.02. The number of aryl methyl sites for hydroxylation is 1. The van der Waals surface area contributed by atoms with Crippen LogP contribution in [-0.2, 0) is 22.6 Å². The van der Waals surface area contributed by atoms with Crippen molar-refractivity contribution in [1.82, 2.24) is 10.2 Å². The highest BCUT2D eigenvalue weighted by Gasteiger charge is 2.31. The fourth-order valence-electron chi connectivity index (χ4n) is 3.93. The van der Waals surface area contributed by atoms with Gasteiger partial charge in [0.1, 0.15) is 11.8 Å². The SMILES string of the molecule is CCC(C)NC(=O)C(Cc1ccccc1)N(Cc1ccc(Cl)c(Cl)c1)C(=O)COc1cccc(C)c1C. The van der Waals surface area contributed by atoms with Crippen LogP contribution in [0.2, 0.25) is 10.0 Å². The third-order valence-electron chi connectivity index (χ3n) is 6.52. The Morgan fingerprint density at radius 1 is 0.946 bits per heavy atom. The van der Waals surface area contributed by atoms with Crippen LogP contribution in [0.15, 0.2) is 66.7 Å². The number of nitrogens with one attached hydrogen (secondary N) is 1. The molecule has 2 atom stereocenters. The summed E-state index contributed by atoms with van der Waals surface area (Å²) in [6.07, 6.45) is 1.14. The molecule has 0 aliphatic rings. The van der Waals surface area contributed by atoms with E-state index in [0.717, 1.165) is 28.7 Å². The van der Waals surface area contributed by atoms with E-state index in [0.29, 0.717) is 22.2 Å². The molecule has 0 spiro atoms. The number of amides is 2. The molecule has 3 rings (SSSR count). The minimum absolute atomic E-state index is 0.0288. The second-order valence-corrected chi connectivity index (χ2v) is 10.1. The second-order valence-electron chi connectivity index (χ2n) is 9.28. The first-order valence-electron chi connectivity index (χ1n) is 12.5. The molecule has 0 aliphatic carbocycles. The zero-order chi connectivity index (χ0) is 26.9. The van der Waals surface area contributed by atoms with Gasteiger partial charge in [-0.05, 0) is 67.6 Å². The van der Waals surface area contributed by atoms with Crippen LogP contribution in [-0.4, -0.2) is 35.4 Å². The predicted molar refractivity (Wildman–Crippen MR) is 150 cm³/mol. The van der Waals surface area contributed by atoms with Gasteiger partial charge in [-0.2, -0.15) is 0 Å². The molecule has 37 heavy (non-hydrogen) atoms. The van der Waals surface area contributed by atoms with Gasteiger partial charge in [0.25, 0.3) is 5.91 Å². The molecule has 2 unspecified atom stereocenters. The molecule has 0 heterocycles. The first-order valence-corrected chi connectivity index (χ1v) is 13.2. The minimum atomic E-state index is -0.749. The highest BCUT2D eigenvalue weighted by Crippen LogP contribution is 2.25. The number of nitrogens with zero attached hydrogens (tertiary/aromatic N) is 1. The van der Waals surface area contributed by atoms with Gasteiger partial charge in [-0.3, -0.25) is 9.59 Å². The van der Waals surface area contributed by atoms with Crippen LogP contribution in [0.5, 0.6) is 5.75 Å². The van der Waals surface area contributed by atoms with E-state index in [-0.39, 0.29) is 31.0 Å². The van der Waals surface area contributed by atoms with Crippen LogP contribution in [0, 0.1) is 13.8 Å². The first-order chi connectivity index (χ1) is 17.7. The molecule has 0 saturated carbocycles. The van der Waals surface area contributed by atoms with Gasteiger partial charge < -0.3 is 15.0 Å². The van der Waals surface area contributed by atoms with E-state index < -0.39 is 6.04 Å². The molecule has 2 amide bonds. The van der Waals surface area contributed by atoms with Gasteiger partial charge in [0.05, 0.1) is 10.0 Å². The Balaban J connectivity index is 1.95. The van der Waals surface area contributed by atoms with E-state index >= 15 is 0 Å². The highest BCUT2D eigenvalue weighted by atomic mass is 35.5. The standard InChI is InChI=1S/C30H34Cl2N2O3/c1-5-21(3)33-30(36)27(17-23-11-7-6-8-12-23)34(18-24-14-15-25(31)26(32)16-24)29(35)19-37-28-13-9-10-20(2)22(28)4/h6-16,21,27H,5,17-19H2,1-4H3,(H,33,36). The van der Waals surface area contributed by atoms with Crippen molar-refractivity contribution in [3.8, 4) is 5.75 Å². The molecule has 0 aliphatic heterocycles. The number of hydrogen-bond acceptors (Lipinski definition) is 3. The van der Waals surface area contributed by atoms with Crippen molar-refractivity contribution in [2.24, 2.45) is 0 Å². The summed E-state index contributed by atoms with van der Waals surface area (Å²) in [5, 5.41) is 3.88. The summed E-state index contributed by atoms with van der Waals surface area (Å²) in [4.78, 5) is 28.9. The Morgan fingerprint density at radius 3 is 2.35 bits per heavy atom. The van der Waals surface area contributed by atoms with Crippen LogP contribution >= 0.6 is 23.2 Å². The molecular formula is C30H34Cl2N2O3. The summed E-state index contributed by atoms with van der Waals surface area (Å²) in [7, 11) is 0. The molecule has 0 bridgehead atoms. The lowest BCUT2D eigenvalue weighted by Crippen LogP contribution is -2.53. The molecule has 7 heteroatoms. The Bertz CT molecular complexity index is 1220. The van der Waals surface area contributed by atoms with E-state index in [1.165, 1.54) is 0 Å². The van der Waals surface area contributed by atoms with Crippen molar-refractivity contribution in [3.05, 3.63) is 99.0 Å². The van der Waals surface area contributed by atoms with Gasteiger partial charge in [0.2, 0.25) is 5.91 Å². The molecule has 5 nitrogen and oxygen atoms in total. The molecule has 3 aromatic rings. The van der Waals surface area contributed by atoms with Gasteiger partial charge in [-0.15, -0.1) is 0 Å². The summed E-state index contributed by atoms with van der Waals surface area (Å²) in [5.41, 5.74) is 3.77. The molecule has 0 radical (unpaired) electrons. The van der Waals surface area contributed by atoms with Crippen molar-refractivity contribution < 1.29 is 14.3 Å². The van der Waals surface area contributed by atoms with E-state index in [2.05, 4.69) is 5.32 Å². The topological polar surface area (TPSA) is 58.6 Å². The maximum Gasteiger partial charge on any atom is 0.261 e. The van der Waals surface area contributed by atoms with Gasteiger partial charge in [0.15, 0.2) is 6.61 Å². The van der Waals surface area contributed by atoms with Crippen molar-refractivity contribution in [1.29, 1.82) is 0 Å². The maximum absolute atomic E-state index is 13.7. The molecular weight excluding hydrogens is 507 g/mol. The van der Waals surface area contributed by atoms with E-state index in [1.54, 1.807) is 17.0 Å². The monoisotopic (exact) mass is 540 g/mol. The Labute approximate surface area is 229 Å². The highest BCUT2D eigenvalue weighted by molar-refractivity contribution is 6.42. The smallest absolute Gasteiger partial charge is 0.261 e. The number of benzene rings is 3. The van der Waals surface area contributed by atoms with Gasteiger partial charge in [0, 0.05) is 19.0 Å². The average Bonchev–Trinajstić information content (AvgIpc) is 2.89. The number of hydrogen-bond donors (Lipinski definition) is 1. The zero-order valence-electron chi connectivity index (χ0n) is 21.8. The van der Waals surface area contributed by atoms with Crippen LogP contribution in [0.25, 0.3) is 0 Å². The Kier molecular flexibility index (Phi) is 10.4. The van der Waals surface area contributed by atoms with Crippen molar-refractivity contribution in [2.75, 3.05) is 6.61 Å². The number of carbonyl (C=O) groups is 2. The minimum Gasteiger partial charge on any atom is -0.483 e. The number of rotatable bonds is 11. The lowest BCUT2D eigenvalue weighted by atomic mass is 10.0. The fraction of sp³-hybridized carbons (Fsp3) is 0.333. The largest absolute Gasteiger partial charge is 0.483 e. The van der Waals surface area contributed by atoms with Gasteiger partial charge >= 0.3 is 0 Å². The Morgan fingerprint density at radius 2 is 1.68 bits per heavy atom. The number of carbonyl (C=O) groups excluding carboxylic acids is 2. The van der Waals surface area contributed by atoms with E-state index in [9.17, 15) is 9.59 Å². The first kappa shape index (κ1) is 28.5. The predicted octanol–water partition coefficient (Wildman–Crippen LogP) is 6.54. The molecule has 0 saturated heterocycles. The molecule has 1 N–H and O–H groups in total. The van der Waals surface area contributed by atoms with Gasteiger partial charge in [-0.1, -0.05) is 78.7 Å². The lowest BCUT2D eigenvalue weighted by molar-refractivity contribution is -0.143. The van der Waals surface area contributed by atoms with E-state index in [4.69, 9.17) is 27.9 Å². The maximum atomic E-state index is 13.7. The van der Waals surface area contributed by atoms with E-state index in [1.807, 2.05) is 82.3 Å². The number of halogens is 2. The third-order valence-corrected chi connectivity index (χ3v) is 7.25. The summed E-state index contributed by atoms with van der Waals surface area (Å²) >= 11 is 12.4. The van der Waals surface area contributed by atoms with Crippen molar-refractivity contribution in [2.45, 2.75) is 59.2 Å². The van der Waals surface area contributed by atoms with Gasteiger partial charge in [-0.25, -0.2) is 0 Å². The summed E-state index contributed by atoms with van der Waals surface area (Å²) in [6, 6.07) is 19.9. The van der Waals surface area contributed by atoms with Crippen LogP contribution in [0.4, 0.5) is 0 Å². The van der Waals surface area contributed by atoms with Crippen molar-refractivity contribution in [3.63, 3.8) is 0 Å². The van der Waals surface area contributed by atoms with Crippen LogP contribution in [0.3, 0.4) is 0 Å². The molecule has 196 valence electrons. The second kappa shape index (κ2) is 13.5. The fourth-order valence-corrected chi connectivity index (χ4v) is 4.25. The normalized spacial score (nSPS) is 12.5. The number of ether oxygens (including phenoxy) is 1. The lowest BCUT2D eigenvalue weighted by Gasteiger charge is -2.32. The van der Waals surface area contributed by atoms with Crippen LogP contribution in [0.1, 0.15) is 42.5 Å². The molecule has 3 aromatic carbocycles.